The highest BCUT2D eigenvalue weighted by molar-refractivity contribution is 14.1. The second-order valence-electron chi connectivity index (χ2n) is 6.25. The fraction of sp³-hybridized carbons (Fsp3) is 0.222. The Kier molecular flexibility index (Phi) is 5.40. The first-order chi connectivity index (χ1) is 12.8. The van der Waals surface area contributed by atoms with Crippen molar-refractivity contribution in [1.29, 1.82) is 0 Å². The van der Waals surface area contributed by atoms with Gasteiger partial charge in [0.05, 0.1) is 16.5 Å². The van der Waals surface area contributed by atoms with Crippen LogP contribution in [0.2, 0.25) is 0 Å². The normalized spacial score (nSPS) is 16.5. The van der Waals surface area contributed by atoms with Gasteiger partial charge < -0.3 is 10.2 Å². The van der Waals surface area contributed by atoms with E-state index in [4.69, 9.17) is 0 Å². The van der Waals surface area contributed by atoms with E-state index in [0.717, 1.165) is 21.3 Å². The van der Waals surface area contributed by atoms with Crippen molar-refractivity contribution in [3.8, 4) is 0 Å². The fourth-order valence-corrected chi connectivity index (χ4v) is 3.59. The molecule has 1 aliphatic heterocycles. The van der Waals surface area contributed by atoms with Crippen molar-refractivity contribution < 1.29 is 18.9 Å². The quantitative estimate of drug-likeness (QED) is 0.409. The third-order valence-corrected chi connectivity index (χ3v) is 5.05. The Balaban J connectivity index is 1.76. The molecule has 1 atom stereocenters. The molecule has 0 bridgehead atoms. The fourth-order valence-electron chi connectivity index (χ4n) is 2.94. The smallest absolute Gasteiger partial charge is 0.306 e. The molecule has 9 heteroatoms. The van der Waals surface area contributed by atoms with Gasteiger partial charge in [0, 0.05) is 28.3 Å². The Morgan fingerprint density at radius 1 is 1.33 bits per heavy atom. The van der Waals surface area contributed by atoms with E-state index in [2.05, 4.69) is 27.9 Å². The number of anilines is 2. The van der Waals surface area contributed by atoms with E-state index in [-0.39, 0.29) is 30.5 Å². The minimum absolute atomic E-state index is 0.0135. The number of hydrogen-bond donors (Lipinski definition) is 1. The summed E-state index contributed by atoms with van der Waals surface area (Å²) in [5, 5.41) is 13.7. The molecule has 0 saturated carbocycles. The van der Waals surface area contributed by atoms with Crippen LogP contribution in [-0.4, -0.2) is 23.3 Å². The predicted octanol–water partition coefficient (Wildman–Crippen LogP) is 3.64. The molecule has 1 saturated heterocycles. The highest BCUT2D eigenvalue weighted by Crippen LogP contribution is 2.30. The highest BCUT2D eigenvalue weighted by Gasteiger charge is 2.36. The summed E-state index contributed by atoms with van der Waals surface area (Å²) in [6.07, 6.45) is -0.0135. The third kappa shape index (κ3) is 4.07. The Morgan fingerprint density at radius 3 is 2.74 bits per heavy atom. The SMILES string of the molecule is Cc1cc(I)ccc1NC(=O)C1CC(=O)N(c2ccc(F)c([N+](=O)[O-])c2)C1. The Morgan fingerprint density at radius 2 is 2.07 bits per heavy atom. The van der Waals surface area contributed by atoms with E-state index >= 15 is 0 Å². The van der Waals surface area contributed by atoms with Gasteiger partial charge in [0.1, 0.15) is 0 Å². The summed E-state index contributed by atoms with van der Waals surface area (Å²) < 4.78 is 14.6. The molecule has 0 radical (unpaired) electrons. The Hall–Kier alpha value is -2.56. The number of carbonyl (C=O) groups excluding carboxylic acids is 2. The largest absolute Gasteiger partial charge is 0.326 e. The summed E-state index contributed by atoms with van der Waals surface area (Å²) in [6.45, 7) is 1.96. The zero-order valence-corrected chi connectivity index (χ0v) is 16.4. The highest BCUT2D eigenvalue weighted by atomic mass is 127. The van der Waals surface area contributed by atoms with Gasteiger partial charge in [0.15, 0.2) is 0 Å². The molecule has 2 aromatic carbocycles. The molecule has 1 N–H and O–H groups in total. The van der Waals surface area contributed by atoms with E-state index in [0.29, 0.717) is 5.69 Å². The molecule has 0 aliphatic carbocycles. The summed E-state index contributed by atoms with van der Waals surface area (Å²) in [4.78, 5) is 36.2. The molecule has 27 heavy (non-hydrogen) atoms. The van der Waals surface area contributed by atoms with Crippen molar-refractivity contribution in [2.75, 3.05) is 16.8 Å². The molecule has 2 aromatic rings. The number of amides is 2. The molecule has 1 fully saturated rings. The summed E-state index contributed by atoms with van der Waals surface area (Å²) in [5.74, 6) is -2.21. The maximum absolute atomic E-state index is 13.5. The molecule has 1 aliphatic rings. The van der Waals surface area contributed by atoms with Gasteiger partial charge in [-0.15, -0.1) is 0 Å². The number of nitro groups is 1. The number of hydrogen-bond acceptors (Lipinski definition) is 4. The molecule has 7 nitrogen and oxygen atoms in total. The molecule has 2 amide bonds. The van der Waals surface area contributed by atoms with Crippen LogP contribution in [0.5, 0.6) is 0 Å². The van der Waals surface area contributed by atoms with Crippen molar-refractivity contribution in [2.24, 2.45) is 5.92 Å². The van der Waals surface area contributed by atoms with Gasteiger partial charge >= 0.3 is 5.69 Å². The van der Waals surface area contributed by atoms with Crippen molar-refractivity contribution in [3.05, 3.63) is 61.5 Å². The Labute approximate surface area is 167 Å². The first-order valence-corrected chi connectivity index (χ1v) is 9.15. The van der Waals surface area contributed by atoms with Crippen LogP contribution in [-0.2, 0) is 9.59 Å². The first-order valence-electron chi connectivity index (χ1n) is 8.07. The van der Waals surface area contributed by atoms with Gasteiger partial charge in [-0.1, -0.05) is 0 Å². The molecule has 1 unspecified atom stereocenters. The van der Waals surface area contributed by atoms with Gasteiger partial charge in [0.25, 0.3) is 0 Å². The van der Waals surface area contributed by atoms with Gasteiger partial charge in [-0.25, -0.2) is 0 Å². The maximum Gasteiger partial charge on any atom is 0.306 e. The number of nitro benzene ring substituents is 1. The number of rotatable bonds is 4. The van der Waals surface area contributed by atoms with E-state index in [1.165, 1.54) is 11.0 Å². The van der Waals surface area contributed by atoms with Crippen molar-refractivity contribution in [2.45, 2.75) is 13.3 Å². The molecule has 0 aromatic heterocycles. The molecule has 3 rings (SSSR count). The van der Waals surface area contributed by atoms with Crippen molar-refractivity contribution in [3.63, 3.8) is 0 Å². The van der Waals surface area contributed by atoms with Crippen LogP contribution in [0.1, 0.15) is 12.0 Å². The van der Waals surface area contributed by atoms with E-state index in [1.54, 1.807) is 6.07 Å². The lowest BCUT2D eigenvalue weighted by Crippen LogP contribution is -2.28. The molecular weight excluding hydrogens is 468 g/mol. The van der Waals surface area contributed by atoms with Gasteiger partial charge in [-0.05, 0) is 65.4 Å². The average Bonchev–Trinajstić information content (AvgIpc) is 2.99. The topological polar surface area (TPSA) is 92.6 Å². The molecule has 140 valence electrons. The standard InChI is InChI=1S/C18H15FIN3O4/c1-10-6-12(20)2-5-15(10)21-18(25)11-7-17(24)22(9-11)13-3-4-14(19)16(8-13)23(26)27/h2-6,8,11H,7,9H2,1H3,(H,21,25). The van der Waals surface area contributed by atoms with Crippen LogP contribution in [0.15, 0.2) is 36.4 Å². The minimum atomic E-state index is -0.973. The summed E-state index contributed by atoms with van der Waals surface area (Å²) >= 11 is 2.18. The molecule has 0 spiro atoms. The van der Waals surface area contributed by atoms with E-state index in [1.807, 2.05) is 19.1 Å². The number of nitrogens with one attached hydrogen (secondary N) is 1. The lowest BCUT2D eigenvalue weighted by atomic mass is 10.1. The van der Waals surface area contributed by atoms with Crippen molar-refractivity contribution in [1.82, 2.24) is 0 Å². The summed E-state index contributed by atoms with van der Waals surface area (Å²) in [7, 11) is 0. The summed E-state index contributed by atoms with van der Waals surface area (Å²) in [6, 6.07) is 8.85. The zero-order chi connectivity index (χ0) is 19.7. The van der Waals surface area contributed by atoms with Gasteiger partial charge in [-0.2, -0.15) is 4.39 Å². The minimum Gasteiger partial charge on any atom is -0.326 e. The number of benzene rings is 2. The lowest BCUT2D eigenvalue weighted by molar-refractivity contribution is -0.387. The number of nitrogens with zero attached hydrogens (tertiary/aromatic N) is 2. The summed E-state index contributed by atoms with van der Waals surface area (Å²) in [5.41, 5.74) is 1.07. The molecule has 1 heterocycles. The third-order valence-electron chi connectivity index (χ3n) is 4.38. The Bertz CT molecular complexity index is 950. The van der Waals surface area contributed by atoms with Crippen molar-refractivity contribution >= 4 is 51.5 Å². The van der Waals surface area contributed by atoms with E-state index < -0.39 is 22.3 Å². The van der Waals surface area contributed by atoms with Crippen LogP contribution in [0.4, 0.5) is 21.5 Å². The second-order valence-corrected chi connectivity index (χ2v) is 7.49. The monoisotopic (exact) mass is 483 g/mol. The van der Waals surface area contributed by atoms with Crippen LogP contribution < -0.4 is 10.2 Å². The number of carbonyl (C=O) groups is 2. The van der Waals surface area contributed by atoms with Crippen LogP contribution in [0.25, 0.3) is 0 Å². The number of aryl methyl sites for hydroxylation is 1. The zero-order valence-electron chi connectivity index (χ0n) is 14.2. The maximum atomic E-state index is 13.5. The number of halogens is 2. The predicted molar refractivity (Wildman–Crippen MR) is 106 cm³/mol. The first kappa shape index (κ1) is 19.2. The second kappa shape index (κ2) is 7.59. The lowest BCUT2D eigenvalue weighted by Gasteiger charge is -2.17. The van der Waals surface area contributed by atoms with Crippen LogP contribution >= 0.6 is 22.6 Å². The average molecular weight is 483 g/mol. The molecular formula is C18H15FIN3O4. The van der Waals surface area contributed by atoms with Gasteiger partial charge in [-0.3, -0.25) is 19.7 Å². The van der Waals surface area contributed by atoms with Gasteiger partial charge in [0.2, 0.25) is 17.6 Å². The van der Waals surface area contributed by atoms with Crippen LogP contribution in [0, 0.1) is 32.3 Å². The van der Waals surface area contributed by atoms with E-state index in [9.17, 15) is 24.1 Å². The van der Waals surface area contributed by atoms with Crippen LogP contribution in [0.3, 0.4) is 0 Å².